The molecule has 1 atom stereocenters. The average molecular weight is 175 g/mol. The topological polar surface area (TPSA) is 59.0 Å². The van der Waals surface area contributed by atoms with Gasteiger partial charge in [0.15, 0.2) is 0 Å². The molecule has 0 bridgehead atoms. The van der Waals surface area contributed by atoms with Crippen molar-refractivity contribution in [2.24, 2.45) is 0 Å². The van der Waals surface area contributed by atoms with Gasteiger partial charge in [-0.3, -0.25) is 4.90 Å². The monoisotopic (exact) mass is 175 g/mol. The summed E-state index contributed by atoms with van der Waals surface area (Å²) in [4.78, 5) is 12.5. The van der Waals surface area contributed by atoms with Crippen molar-refractivity contribution in [2.75, 3.05) is 33.5 Å². The lowest BCUT2D eigenvalue weighted by Crippen LogP contribution is -2.38. The fraction of sp³-hybridized carbons (Fsp3) is 0.857. The molecule has 70 valence electrons. The van der Waals surface area contributed by atoms with Crippen LogP contribution in [0, 0.1) is 0 Å². The zero-order chi connectivity index (χ0) is 8.97. The predicted molar refractivity (Wildman–Crippen MR) is 40.8 cm³/mol. The van der Waals surface area contributed by atoms with Gasteiger partial charge in [0.1, 0.15) is 6.61 Å². The lowest BCUT2D eigenvalue weighted by Gasteiger charge is -2.18. The maximum Gasteiger partial charge on any atom is 0.410 e. The number of aliphatic hydroxyl groups excluding tert-OH is 1. The molecule has 1 saturated heterocycles. The van der Waals surface area contributed by atoms with Gasteiger partial charge in [0.05, 0.1) is 19.3 Å². The third-order valence-corrected chi connectivity index (χ3v) is 1.82. The van der Waals surface area contributed by atoms with E-state index in [1.807, 2.05) is 0 Å². The number of hydrogen-bond donors (Lipinski definition) is 1. The Bertz CT molecular complexity index is 161. The Labute approximate surface area is 70.9 Å². The van der Waals surface area contributed by atoms with Crippen molar-refractivity contribution in [3.05, 3.63) is 0 Å². The van der Waals surface area contributed by atoms with Gasteiger partial charge >= 0.3 is 6.09 Å². The maximum atomic E-state index is 11.0. The summed E-state index contributed by atoms with van der Waals surface area (Å²) in [6.45, 7) is 1.15. The summed E-state index contributed by atoms with van der Waals surface area (Å²) in [5.74, 6) is 0. The Hall–Kier alpha value is -0.810. The molecule has 1 rings (SSSR count). The zero-order valence-electron chi connectivity index (χ0n) is 7.02. The Morgan fingerprint density at radius 1 is 1.83 bits per heavy atom. The van der Waals surface area contributed by atoms with Crippen LogP contribution in [0.2, 0.25) is 0 Å². The number of cyclic esters (lactones) is 1. The molecule has 0 aromatic rings. The van der Waals surface area contributed by atoms with Gasteiger partial charge < -0.3 is 14.6 Å². The second kappa shape index (κ2) is 4.27. The molecule has 5 nitrogen and oxygen atoms in total. The summed E-state index contributed by atoms with van der Waals surface area (Å²) >= 11 is 0. The Kier molecular flexibility index (Phi) is 3.31. The van der Waals surface area contributed by atoms with Crippen LogP contribution in [0.3, 0.4) is 0 Å². The number of nitrogens with zero attached hydrogens (tertiary/aromatic N) is 1. The molecule has 1 heterocycles. The third kappa shape index (κ3) is 1.86. The molecule has 1 fully saturated rings. The zero-order valence-corrected chi connectivity index (χ0v) is 7.02. The van der Waals surface area contributed by atoms with Crippen LogP contribution < -0.4 is 0 Å². The van der Waals surface area contributed by atoms with Gasteiger partial charge in [-0.25, -0.2) is 4.79 Å². The lowest BCUT2D eigenvalue weighted by molar-refractivity contribution is 0.122. The molecule has 1 aliphatic rings. The molecule has 5 heteroatoms. The van der Waals surface area contributed by atoms with Crippen molar-refractivity contribution in [2.45, 2.75) is 6.04 Å². The van der Waals surface area contributed by atoms with E-state index >= 15 is 0 Å². The highest BCUT2D eigenvalue weighted by molar-refractivity contribution is 5.70. The van der Waals surface area contributed by atoms with Gasteiger partial charge in [-0.1, -0.05) is 0 Å². The number of amides is 1. The van der Waals surface area contributed by atoms with Crippen molar-refractivity contribution in [3.8, 4) is 0 Å². The molecule has 0 radical (unpaired) electrons. The summed E-state index contributed by atoms with van der Waals surface area (Å²) < 4.78 is 9.55. The highest BCUT2D eigenvalue weighted by Crippen LogP contribution is 2.10. The van der Waals surface area contributed by atoms with Gasteiger partial charge in [0.25, 0.3) is 0 Å². The minimum Gasteiger partial charge on any atom is -0.447 e. The minimum atomic E-state index is -0.369. The average Bonchev–Trinajstić information content (AvgIpc) is 2.43. The minimum absolute atomic E-state index is 0.0601. The first-order valence-electron chi connectivity index (χ1n) is 3.82. The molecule has 0 saturated carbocycles. The number of ether oxygens (including phenoxy) is 2. The molecule has 0 spiro atoms. The number of hydrogen-bond acceptors (Lipinski definition) is 4. The fourth-order valence-corrected chi connectivity index (χ4v) is 1.10. The van der Waals surface area contributed by atoms with Crippen LogP contribution in [-0.2, 0) is 9.47 Å². The van der Waals surface area contributed by atoms with Gasteiger partial charge in [0.2, 0.25) is 0 Å². The van der Waals surface area contributed by atoms with Crippen LogP contribution in [-0.4, -0.2) is 55.6 Å². The van der Waals surface area contributed by atoms with Gasteiger partial charge in [-0.05, 0) is 0 Å². The van der Waals surface area contributed by atoms with E-state index in [0.29, 0.717) is 13.2 Å². The molecule has 1 amide bonds. The SMILES string of the molecule is COCCN1C(=O)OCC1CO. The molecular formula is C7H13NO4. The fourth-order valence-electron chi connectivity index (χ4n) is 1.10. The van der Waals surface area contributed by atoms with E-state index < -0.39 is 0 Å². The number of aliphatic hydroxyl groups is 1. The van der Waals surface area contributed by atoms with Crippen molar-refractivity contribution in [1.29, 1.82) is 0 Å². The van der Waals surface area contributed by atoms with E-state index in [9.17, 15) is 4.79 Å². The van der Waals surface area contributed by atoms with Crippen LogP contribution in [0.5, 0.6) is 0 Å². The van der Waals surface area contributed by atoms with E-state index in [1.54, 1.807) is 7.11 Å². The molecular weight excluding hydrogens is 162 g/mol. The van der Waals surface area contributed by atoms with E-state index in [4.69, 9.17) is 14.6 Å². The highest BCUT2D eigenvalue weighted by atomic mass is 16.6. The van der Waals surface area contributed by atoms with Crippen molar-refractivity contribution in [3.63, 3.8) is 0 Å². The van der Waals surface area contributed by atoms with E-state index in [1.165, 1.54) is 4.90 Å². The first-order valence-corrected chi connectivity index (χ1v) is 3.82. The number of carbonyl (C=O) groups excluding carboxylic acids is 1. The van der Waals surface area contributed by atoms with Crippen molar-refractivity contribution >= 4 is 6.09 Å². The quantitative estimate of drug-likeness (QED) is 0.622. The van der Waals surface area contributed by atoms with Crippen LogP contribution in [0.4, 0.5) is 4.79 Å². The standard InChI is InChI=1S/C7H13NO4/c1-11-3-2-8-6(4-9)5-12-7(8)10/h6,9H,2-5H2,1H3. The maximum absolute atomic E-state index is 11.0. The molecule has 0 aromatic carbocycles. The first kappa shape index (κ1) is 9.28. The third-order valence-electron chi connectivity index (χ3n) is 1.82. The largest absolute Gasteiger partial charge is 0.447 e. The molecule has 0 aliphatic carbocycles. The second-order valence-electron chi connectivity index (χ2n) is 2.60. The van der Waals surface area contributed by atoms with E-state index in [2.05, 4.69) is 0 Å². The Morgan fingerprint density at radius 2 is 2.58 bits per heavy atom. The molecule has 1 aliphatic heterocycles. The number of carbonyl (C=O) groups is 1. The van der Waals surface area contributed by atoms with Crippen LogP contribution in [0.1, 0.15) is 0 Å². The summed E-state index contributed by atoms with van der Waals surface area (Å²) in [6, 6.07) is -0.201. The molecule has 1 unspecified atom stereocenters. The van der Waals surface area contributed by atoms with Gasteiger partial charge in [0, 0.05) is 13.7 Å². The molecule has 0 aromatic heterocycles. The van der Waals surface area contributed by atoms with Gasteiger partial charge in [-0.15, -0.1) is 0 Å². The van der Waals surface area contributed by atoms with Crippen LogP contribution in [0.15, 0.2) is 0 Å². The Balaban J connectivity index is 2.40. The predicted octanol–water partition coefficient (Wildman–Crippen LogP) is -0.554. The number of methoxy groups -OCH3 is 1. The van der Waals surface area contributed by atoms with Gasteiger partial charge in [-0.2, -0.15) is 0 Å². The smallest absolute Gasteiger partial charge is 0.410 e. The first-order chi connectivity index (χ1) is 5.79. The summed E-state index contributed by atoms with van der Waals surface area (Å²) in [6.07, 6.45) is -0.369. The lowest BCUT2D eigenvalue weighted by atomic mass is 10.3. The number of rotatable bonds is 4. The summed E-state index contributed by atoms with van der Waals surface area (Å²) in [5, 5.41) is 8.84. The molecule has 1 N–H and O–H groups in total. The van der Waals surface area contributed by atoms with Crippen LogP contribution >= 0.6 is 0 Å². The Morgan fingerprint density at radius 3 is 3.17 bits per heavy atom. The highest BCUT2D eigenvalue weighted by Gasteiger charge is 2.31. The summed E-state index contributed by atoms with van der Waals surface area (Å²) in [5.41, 5.74) is 0. The summed E-state index contributed by atoms with van der Waals surface area (Å²) in [7, 11) is 1.56. The van der Waals surface area contributed by atoms with E-state index in [0.717, 1.165) is 0 Å². The van der Waals surface area contributed by atoms with Crippen molar-refractivity contribution in [1.82, 2.24) is 4.90 Å². The van der Waals surface area contributed by atoms with Crippen LogP contribution in [0.25, 0.3) is 0 Å². The normalized spacial score (nSPS) is 23.0. The van der Waals surface area contributed by atoms with Crippen molar-refractivity contribution < 1.29 is 19.4 Å². The molecule has 12 heavy (non-hydrogen) atoms. The van der Waals surface area contributed by atoms with E-state index in [-0.39, 0.29) is 25.3 Å². The second-order valence-corrected chi connectivity index (χ2v) is 2.60.